The first-order valence-electron chi connectivity index (χ1n) is 6.22. The van der Waals surface area contributed by atoms with E-state index in [1.807, 2.05) is 0 Å². The van der Waals surface area contributed by atoms with Crippen LogP contribution in [-0.4, -0.2) is 54.3 Å². The molecule has 1 aromatic carbocycles. The van der Waals surface area contributed by atoms with E-state index in [4.69, 9.17) is 4.74 Å². The van der Waals surface area contributed by atoms with E-state index in [1.165, 1.54) is 24.1 Å². The van der Waals surface area contributed by atoms with Gasteiger partial charge >= 0.3 is 0 Å². The molecule has 1 aromatic heterocycles. The normalized spacial score (nSPS) is 12.6. The maximum absolute atomic E-state index is 13.1. The fraction of sp³-hybridized carbons (Fsp3) is 0.357. The average Bonchev–Trinajstić information content (AvgIpc) is 2.80. The van der Waals surface area contributed by atoms with Crippen LogP contribution < -0.4 is 0 Å². The third kappa shape index (κ3) is 2.97. The number of nitrogens with zero attached hydrogens (tertiary/aromatic N) is 1. The van der Waals surface area contributed by atoms with Gasteiger partial charge < -0.3 is 19.7 Å². The molecule has 6 heteroatoms. The lowest BCUT2D eigenvalue weighted by atomic mass is 10.1. The fourth-order valence-corrected chi connectivity index (χ4v) is 2.13. The topological polar surface area (TPSA) is 65.6 Å². The number of H-pyrrole nitrogens is 1. The highest BCUT2D eigenvalue weighted by Crippen LogP contribution is 2.20. The second kappa shape index (κ2) is 6.02. The summed E-state index contributed by atoms with van der Waals surface area (Å²) in [6, 6.07) is 4.21. The van der Waals surface area contributed by atoms with Crippen molar-refractivity contribution in [2.45, 2.75) is 6.10 Å². The van der Waals surface area contributed by atoms with Gasteiger partial charge in [-0.1, -0.05) is 0 Å². The predicted molar refractivity (Wildman–Crippen MR) is 73.1 cm³/mol. The molecule has 2 aromatic rings. The van der Waals surface area contributed by atoms with Crippen molar-refractivity contribution in [2.24, 2.45) is 0 Å². The summed E-state index contributed by atoms with van der Waals surface area (Å²) in [6.45, 7) is 0.331. The van der Waals surface area contributed by atoms with Crippen LogP contribution in [0.1, 0.15) is 10.4 Å². The van der Waals surface area contributed by atoms with E-state index < -0.39 is 6.10 Å². The Hall–Kier alpha value is -1.92. The molecular weight excluding hydrogens is 263 g/mol. The zero-order chi connectivity index (χ0) is 14.7. The second-order valence-corrected chi connectivity index (χ2v) is 4.69. The molecule has 0 aliphatic carbocycles. The third-order valence-electron chi connectivity index (χ3n) is 3.06. The van der Waals surface area contributed by atoms with Gasteiger partial charge in [0.25, 0.3) is 5.91 Å². The van der Waals surface area contributed by atoms with E-state index in [-0.39, 0.29) is 24.9 Å². The molecule has 1 amide bonds. The Labute approximate surface area is 116 Å². The number of aliphatic hydroxyl groups excluding tert-OH is 1. The van der Waals surface area contributed by atoms with E-state index in [1.54, 1.807) is 19.3 Å². The zero-order valence-corrected chi connectivity index (χ0v) is 11.4. The summed E-state index contributed by atoms with van der Waals surface area (Å²) >= 11 is 0. The number of aromatic amines is 1. The minimum atomic E-state index is -0.739. The summed E-state index contributed by atoms with van der Waals surface area (Å²) in [5, 5.41) is 10.3. The monoisotopic (exact) mass is 280 g/mol. The van der Waals surface area contributed by atoms with Crippen LogP contribution in [0.4, 0.5) is 4.39 Å². The number of fused-ring (bicyclic) bond motifs is 1. The van der Waals surface area contributed by atoms with Gasteiger partial charge in [-0.3, -0.25) is 4.79 Å². The maximum Gasteiger partial charge on any atom is 0.255 e. The number of amides is 1. The molecule has 108 valence electrons. The minimum Gasteiger partial charge on any atom is -0.389 e. The van der Waals surface area contributed by atoms with E-state index in [2.05, 4.69) is 4.98 Å². The number of carbonyl (C=O) groups excluding carboxylic acids is 1. The van der Waals surface area contributed by atoms with Crippen LogP contribution >= 0.6 is 0 Å². The number of halogens is 1. The highest BCUT2D eigenvalue weighted by atomic mass is 19.1. The lowest BCUT2D eigenvalue weighted by Gasteiger charge is -2.20. The molecule has 0 fully saturated rings. The molecule has 2 N–H and O–H groups in total. The van der Waals surface area contributed by atoms with Gasteiger partial charge in [-0.15, -0.1) is 0 Å². The molecule has 0 bridgehead atoms. The minimum absolute atomic E-state index is 0.163. The number of aromatic nitrogens is 1. The molecule has 0 aliphatic rings. The number of hydrogen-bond donors (Lipinski definition) is 2. The van der Waals surface area contributed by atoms with Crippen molar-refractivity contribution in [2.75, 3.05) is 27.3 Å². The van der Waals surface area contributed by atoms with Crippen molar-refractivity contribution in [3.8, 4) is 0 Å². The Morgan fingerprint density at radius 3 is 3.00 bits per heavy atom. The number of hydrogen-bond acceptors (Lipinski definition) is 3. The quantitative estimate of drug-likeness (QED) is 0.869. The number of likely N-dealkylation sites (N-methyl/N-ethyl adjacent to an activating group) is 1. The number of methoxy groups -OCH3 is 1. The van der Waals surface area contributed by atoms with Crippen LogP contribution in [0.15, 0.2) is 24.4 Å². The van der Waals surface area contributed by atoms with Crippen molar-refractivity contribution < 1.29 is 19.0 Å². The van der Waals surface area contributed by atoms with Crippen LogP contribution in [-0.2, 0) is 4.74 Å². The fourth-order valence-electron chi connectivity index (χ4n) is 2.13. The van der Waals surface area contributed by atoms with Gasteiger partial charge in [-0.25, -0.2) is 4.39 Å². The Morgan fingerprint density at radius 2 is 2.30 bits per heavy atom. The Balaban J connectivity index is 2.18. The second-order valence-electron chi connectivity index (χ2n) is 4.69. The first-order chi connectivity index (χ1) is 9.52. The summed E-state index contributed by atoms with van der Waals surface area (Å²) in [5.41, 5.74) is 1.02. The first-order valence-corrected chi connectivity index (χ1v) is 6.22. The molecule has 1 unspecified atom stereocenters. The van der Waals surface area contributed by atoms with E-state index in [0.29, 0.717) is 16.5 Å². The zero-order valence-electron chi connectivity index (χ0n) is 11.4. The molecule has 0 saturated heterocycles. The molecule has 0 radical (unpaired) electrons. The molecule has 0 spiro atoms. The molecular formula is C14H17FN2O3. The van der Waals surface area contributed by atoms with Gasteiger partial charge in [0.05, 0.1) is 18.3 Å². The Morgan fingerprint density at radius 1 is 1.55 bits per heavy atom. The van der Waals surface area contributed by atoms with E-state index in [0.717, 1.165) is 0 Å². The summed E-state index contributed by atoms with van der Waals surface area (Å²) in [7, 11) is 3.09. The van der Waals surface area contributed by atoms with Gasteiger partial charge in [0.1, 0.15) is 5.82 Å². The highest BCUT2D eigenvalue weighted by molar-refractivity contribution is 6.06. The van der Waals surface area contributed by atoms with Crippen molar-refractivity contribution in [1.82, 2.24) is 9.88 Å². The summed E-state index contributed by atoms with van der Waals surface area (Å²) < 4.78 is 17.9. The molecule has 0 saturated carbocycles. The van der Waals surface area contributed by atoms with Crippen molar-refractivity contribution in [3.05, 3.63) is 35.8 Å². The van der Waals surface area contributed by atoms with Crippen molar-refractivity contribution in [3.63, 3.8) is 0 Å². The van der Waals surface area contributed by atoms with Crippen LogP contribution in [0.25, 0.3) is 10.9 Å². The number of nitrogens with one attached hydrogen (secondary N) is 1. The van der Waals surface area contributed by atoms with Gasteiger partial charge in [0, 0.05) is 37.8 Å². The molecule has 1 heterocycles. The highest BCUT2D eigenvalue weighted by Gasteiger charge is 2.18. The SMILES string of the molecule is COCC(O)CN(C)C(=O)c1c[nH]c2cc(F)ccc12. The molecule has 0 aliphatic heterocycles. The average molecular weight is 280 g/mol. The number of carbonyl (C=O) groups is 1. The lowest BCUT2D eigenvalue weighted by Crippen LogP contribution is -2.36. The van der Waals surface area contributed by atoms with Crippen LogP contribution in [0.5, 0.6) is 0 Å². The molecule has 5 nitrogen and oxygen atoms in total. The number of ether oxygens (including phenoxy) is 1. The van der Waals surface area contributed by atoms with Gasteiger partial charge in [0.15, 0.2) is 0 Å². The van der Waals surface area contributed by atoms with Crippen LogP contribution in [0.3, 0.4) is 0 Å². The largest absolute Gasteiger partial charge is 0.389 e. The smallest absolute Gasteiger partial charge is 0.255 e. The van der Waals surface area contributed by atoms with Gasteiger partial charge in [-0.2, -0.15) is 0 Å². The lowest BCUT2D eigenvalue weighted by molar-refractivity contribution is 0.0381. The first kappa shape index (κ1) is 14.5. The van der Waals surface area contributed by atoms with E-state index >= 15 is 0 Å². The number of benzene rings is 1. The molecule has 2 rings (SSSR count). The number of aliphatic hydroxyl groups is 1. The maximum atomic E-state index is 13.1. The van der Waals surface area contributed by atoms with Crippen LogP contribution in [0, 0.1) is 5.82 Å². The summed E-state index contributed by atoms with van der Waals surface area (Å²) in [6.07, 6.45) is 0.808. The Bertz CT molecular complexity index is 611. The summed E-state index contributed by atoms with van der Waals surface area (Å²) in [4.78, 5) is 16.6. The third-order valence-corrected chi connectivity index (χ3v) is 3.06. The Kier molecular flexibility index (Phi) is 4.36. The van der Waals surface area contributed by atoms with Gasteiger partial charge in [-0.05, 0) is 18.2 Å². The summed E-state index contributed by atoms with van der Waals surface area (Å²) in [5.74, 6) is -0.597. The van der Waals surface area contributed by atoms with Crippen molar-refractivity contribution >= 4 is 16.8 Å². The van der Waals surface area contributed by atoms with E-state index in [9.17, 15) is 14.3 Å². The standard InChI is InChI=1S/C14H17FN2O3/c1-17(7-10(18)8-20-2)14(19)12-6-16-13-5-9(15)3-4-11(12)13/h3-6,10,16,18H,7-8H2,1-2H3. The number of rotatable bonds is 5. The van der Waals surface area contributed by atoms with Gasteiger partial charge in [0.2, 0.25) is 0 Å². The molecule has 1 atom stereocenters. The van der Waals surface area contributed by atoms with Crippen LogP contribution in [0.2, 0.25) is 0 Å². The molecule has 20 heavy (non-hydrogen) atoms. The van der Waals surface area contributed by atoms with Crippen molar-refractivity contribution in [1.29, 1.82) is 0 Å². The predicted octanol–water partition coefficient (Wildman–Crippen LogP) is 1.39.